The molecule has 0 saturated carbocycles. The number of rotatable bonds is 13. The number of nitrogens with one attached hydrogen (secondary N) is 3. The van der Waals surface area contributed by atoms with Gasteiger partial charge in [-0.05, 0) is 58.9 Å². The van der Waals surface area contributed by atoms with Gasteiger partial charge >= 0.3 is 16.8 Å². The largest absolute Gasteiger partial charge is 2.00 e. The van der Waals surface area contributed by atoms with Crippen molar-refractivity contribution in [2.24, 2.45) is 0 Å². The van der Waals surface area contributed by atoms with Crippen molar-refractivity contribution in [1.82, 2.24) is 5.32 Å². The first kappa shape index (κ1) is 36.6. The van der Waals surface area contributed by atoms with E-state index in [1.54, 1.807) is 0 Å². The van der Waals surface area contributed by atoms with Gasteiger partial charge in [-0.25, -0.2) is 0 Å². The van der Waals surface area contributed by atoms with E-state index >= 15 is 0 Å². The molecule has 0 heterocycles. The molecular formula is C29H47Br2CoN3. The fraction of sp³-hybridized carbons (Fsp3) is 0.586. The van der Waals surface area contributed by atoms with Crippen LogP contribution in [-0.2, 0) is 16.8 Å². The number of anilines is 2. The number of halogens is 2. The Morgan fingerprint density at radius 2 is 0.857 bits per heavy atom. The summed E-state index contributed by atoms with van der Waals surface area (Å²) in [5.74, 6) is 2.12. The third-order valence-electron chi connectivity index (χ3n) is 6.18. The van der Waals surface area contributed by atoms with Crippen LogP contribution in [-0.4, -0.2) is 26.2 Å². The molecule has 0 amide bonds. The van der Waals surface area contributed by atoms with E-state index in [1.165, 1.54) is 33.6 Å². The van der Waals surface area contributed by atoms with Gasteiger partial charge in [-0.2, -0.15) is 0 Å². The molecule has 35 heavy (non-hydrogen) atoms. The third-order valence-corrected chi connectivity index (χ3v) is 6.18. The van der Waals surface area contributed by atoms with Crippen LogP contribution >= 0.6 is 0 Å². The van der Waals surface area contributed by atoms with E-state index in [0.717, 1.165) is 32.6 Å². The summed E-state index contributed by atoms with van der Waals surface area (Å²) in [5, 5.41) is 11.1. The van der Waals surface area contributed by atoms with Crippen LogP contribution in [0.1, 0.15) is 108 Å². The Bertz CT molecular complexity index is 717. The number of para-hydroxylation sites is 2. The van der Waals surface area contributed by atoms with Crippen LogP contribution in [0.2, 0.25) is 0 Å². The first-order valence-corrected chi connectivity index (χ1v) is 12.7. The molecule has 3 N–H and O–H groups in total. The molecule has 201 valence electrons. The second-order valence-corrected chi connectivity index (χ2v) is 10.2. The molecule has 2 aromatic carbocycles. The van der Waals surface area contributed by atoms with Crippen molar-refractivity contribution in [3.8, 4) is 0 Å². The van der Waals surface area contributed by atoms with Gasteiger partial charge in [0.25, 0.3) is 0 Å². The molecule has 2 aromatic rings. The molecule has 0 aliphatic heterocycles. The number of hydrogen-bond donors (Lipinski definition) is 3. The van der Waals surface area contributed by atoms with Crippen LogP contribution in [0, 0.1) is 0 Å². The maximum Gasteiger partial charge on any atom is 2.00 e. The summed E-state index contributed by atoms with van der Waals surface area (Å²) in [6, 6.07) is 13.5. The predicted molar refractivity (Wildman–Crippen MR) is 144 cm³/mol. The van der Waals surface area contributed by atoms with E-state index in [4.69, 9.17) is 0 Å². The quantitative estimate of drug-likeness (QED) is 0.288. The monoisotopic (exact) mass is 654 g/mol. The standard InChI is InChI=1S/C29H47N3.2BrH.Co/c1-20(2)24-12-9-13-25(21(3)4)28(24)31-17-11-16-30-18-19-32-29-26(22(5)6)14-10-15-27(29)23(7)8;;;/h9-10,12-15,20-23,30-32H,11,16-19H2,1-8H3;2*1H;/q;;;+2/p-2. The normalized spacial score (nSPS) is 10.7. The van der Waals surface area contributed by atoms with Gasteiger partial charge in [-0.3, -0.25) is 0 Å². The Morgan fingerprint density at radius 3 is 1.20 bits per heavy atom. The Morgan fingerprint density at radius 1 is 0.514 bits per heavy atom. The first-order valence-electron chi connectivity index (χ1n) is 12.7. The zero-order valence-electron chi connectivity index (χ0n) is 22.9. The van der Waals surface area contributed by atoms with Crippen LogP contribution in [0.15, 0.2) is 36.4 Å². The minimum Gasteiger partial charge on any atom is -1.00 e. The second-order valence-electron chi connectivity index (χ2n) is 10.2. The van der Waals surface area contributed by atoms with Crippen molar-refractivity contribution in [3.63, 3.8) is 0 Å². The molecule has 0 saturated heterocycles. The van der Waals surface area contributed by atoms with Crippen molar-refractivity contribution < 1.29 is 50.7 Å². The molecule has 0 aliphatic carbocycles. The van der Waals surface area contributed by atoms with Gasteiger partial charge < -0.3 is 49.9 Å². The molecule has 6 heteroatoms. The molecule has 0 bridgehead atoms. The average Bonchev–Trinajstić information content (AvgIpc) is 2.74. The predicted octanol–water partition coefficient (Wildman–Crippen LogP) is 1.69. The SMILES string of the molecule is CC(C)c1cccc(C(C)C)c1NCCCNCCNc1c(C(C)C)cccc1C(C)C.[Br-].[Br-].[Co+2]. The summed E-state index contributed by atoms with van der Waals surface area (Å²) in [6.07, 6.45) is 1.11. The van der Waals surface area contributed by atoms with Crippen LogP contribution in [0.3, 0.4) is 0 Å². The summed E-state index contributed by atoms with van der Waals surface area (Å²) >= 11 is 0. The summed E-state index contributed by atoms with van der Waals surface area (Å²) in [4.78, 5) is 0. The minimum atomic E-state index is 0. The Balaban J connectivity index is 0. The fourth-order valence-corrected chi connectivity index (χ4v) is 4.34. The van der Waals surface area contributed by atoms with E-state index in [9.17, 15) is 0 Å². The van der Waals surface area contributed by atoms with Crippen LogP contribution in [0.25, 0.3) is 0 Å². The van der Waals surface area contributed by atoms with Crippen molar-refractivity contribution >= 4 is 11.4 Å². The van der Waals surface area contributed by atoms with Crippen LogP contribution in [0.4, 0.5) is 11.4 Å². The van der Waals surface area contributed by atoms with E-state index in [0.29, 0.717) is 23.7 Å². The van der Waals surface area contributed by atoms with Crippen molar-refractivity contribution in [2.45, 2.75) is 85.5 Å². The summed E-state index contributed by atoms with van der Waals surface area (Å²) < 4.78 is 0. The molecule has 0 aromatic heterocycles. The Kier molecular flexibility index (Phi) is 19.5. The Labute approximate surface area is 247 Å². The third kappa shape index (κ3) is 11.2. The second kappa shape index (κ2) is 18.7. The van der Waals surface area contributed by atoms with Gasteiger partial charge in [0.15, 0.2) is 0 Å². The molecule has 1 radical (unpaired) electrons. The first-order chi connectivity index (χ1) is 15.2. The number of benzene rings is 2. The molecule has 0 spiro atoms. The Hall–Kier alpha value is -0.534. The van der Waals surface area contributed by atoms with Crippen LogP contribution < -0.4 is 49.9 Å². The van der Waals surface area contributed by atoms with Crippen molar-refractivity contribution in [2.75, 3.05) is 36.8 Å². The molecule has 0 unspecified atom stereocenters. The van der Waals surface area contributed by atoms with Gasteiger partial charge in [-0.15, -0.1) is 0 Å². The molecule has 0 atom stereocenters. The molecule has 0 aliphatic rings. The summed E-state index contributed by atoms with van der Waals surface area (Å²) in [6.45, 7) is 22.2. The maximum absolute atomic E-state index is 3.75. The number of hydrogen-bond acceptors (Lipinski definition) is 3. The average molecular weight is 656 g/mol. The summed E-state index contributed by atoms with van der Waals surface area (Å²) in [7, 11) is 0. The summed E-state index contributed by atoms with van der Waals surface area (Å²) in [5.41, 5.74) is 8.39. The van der Waals surface area contributed by atoms with Gasteiger partial charge in [0, 0.05) is 31.0 Å². The van der Waals surface area contributed by atoms with E-state index < -0.39 is 0 Å². The van der Waals surface area contributed by atoms with E-state index in [1.807, 2.05) is 0 Å². The van der Waals surface area contributed by atoms with Crippen LogP contribution in [0.5, 0.6) is 0 Å². The zero-order chi connectivity index (χ0) is 23.7. The van der Waals surface area contributed by atoms with E-state index in [-0.39, 0.29) is 50.7 Å². The smallest absolute Gasteiger partial charge is 1.00 e. The minimum absolute atomic E-state index is 0. The van der Waals surface area contributed by atoms with Crippen molar-refractivity contribution in [1.29, 1.82) is 0 Å². The molecule has 3 nitrogen and oxygen atoms in total. The fourth-order valence-electron chi connectivity index (χ4n) is 4.34. The topological polar surface area (TPSA) is 36.1 Å². The van der Waals surface area contributed by atoms with Gasteiger partial charge in [-0.1, -0.05) is 91.8 Å². The van der Waals surface area contributed by atoms with Gasteiger partial charge in [0.2, 0.25) is 0 Å². The van der Waals surface area contributed by atoms with Gasteiger partial charge in [0.05, 0.1) is 0 Å². The van der Waals surface area contributed by atoms with Crippen molar-refractivity contribution in [3.05, 3.63) is 58.7 Å². The molecule has 0 fully saturated rings. The van der Waals surface area contributed by atoms with E-state index in [2.05, 4.69) is 108 Å². The maximum atomic E-state index is 3.75. The molecule has 2 rings (SSSR count). The molecular weight excluding hydrogens is 609 g/mol. The zero-order valence-corrected chi connectivity index (χ0v) is 27.1. The van der Waals surface area contributed by atoms with Gasteiger partial charge in [0.1, 0.15) is 0 Å².